The number of anilines is 3. The maximum absolute atomic E-state index is 6.25. The van der Waals surface area contributed by atoms with Crippen LogP contribution in [0.15, 0.2) is 277 Å². The summed E-state index contributed by atoms with van der Waals surface area (Å²) in [4.78, 5) is 2.42. The first kappa shape index (κ1) is 40.1. The molecule has 11 aromatic carbocycles. The Morgan fingerprint density at radius 3 is 1.16 bits per heavy atom. The van der Waals surface area contributed by atoms with Gasteiger partial charge in [-0.25, -0.2) is 0 Å². The highest BCUT2D eigenvalue weighted by Gasteiger charge is 2.47. The molecule has 328 valence electrons. The third kappa shape index (κ3) is 5.80. The Morgan fingerprint density at radius 2 is 0.657 bits per heavy atom. The first-order valence-electron chi connectivity index (χ1n) is 24.2. The highest BCUT2D eigenvalue weighted by atomic mass is 16.3. The van der Waals surface area contributed by atoms with Crippen LogP contribution in [0.1, 0.15) is 44.5 Å². The lowest BCUT2D eigenvalue weighted by atomic mass is 9.67. The molecule has 0 aliphatic heterocycles. The second-order valence-corrected chi connectivity index (χ2v) is 18.7. The number of furan rings is 1. The van der Waals surface area contributed by atoms with Gasteiger partial charge in [0.25, 0.3) is 0 Å². The van der Waals surface area contributed by atoms with Gasteiger partial charge >= 0.3 is 0 Å². The van der Waals surface area contributed by atoms with Crippen molar-refractivity contribution < 1.29 is 4.42 Å². The zero-order valence-electron chi connectivity index (χ0n) is 38.3. The van der Waals surface area contributed by atoms with E-state index in [2.05, 4.69) is 266 Å². The van der Waals surface area contributed by atoms with Crippen molar-refractivity contribution in [2.75, 3.05) is 4.90 Å². The molecule has 0 fully saturated rings. The zero-order chi connectivity index (χ0) is 46.2. The Bertz CT molecular complexity index is 3670. The number of nitrogens with zero attached hydrogens (tertiary/aromatic N) is 1. The summed E-state index contributed by atoms with van der Waals surface area (Å²) in [5.41, 5.74) is 21.6. The molecule has 0 atom stereocenters. The molecule has 70 heavy (non-hydrogen) atoms. The van der Waals surface area contributed by atoms with Gasteiger partial charge in [-0.1, -0.05) is 218 Å². The number of rotatable bonds is 8. The van der Waals surface area contributed by atoms with Gasteiger partial charge in [0, 0.05) is 27.8 Å². The molecular weight excluding hydrogens is 847 g/mol. The van der Waals surface area contributed by atoms with Gasteiger partial charge in [0.05, 0.1) is 10.8 Å². The molecule has 0 bridgehead atoms. The van der Waals surface area contributed by atoms with Gasteiger partial charge in [0.2, 0.25) is 0 Å². The molecule has 0 spiro atoms. The summed E-state index contributed by atoms with van der Waals surface area (Å²) in [5, 5.41) is 2.24. The molecule has 0 unspecified atom stereocenters. The minimum absolute atomic E-state index is 0.491. The quantitative estimate of drug-likeness (QED) is 0.151. The van der Waals surface area contributed by atoms with E-state index in [1.165, 1.54) is 66.8 Å². The van der Waals surface area contributed by atoms with E-state index in [9.17, 15) is 0 Å². The van der Waals surface area contributed by atoms with Crippen LogP contribution in [0.3, 0.4) is 0 Å². The van der Waals surface area contributed by atoms with Gasteiger partial charge in [0.1, 0.15) is 11.2 Å². The lowest BCUT2D eigenvalue weighted by Gasteiger charge is -2.35. The Kier molecular flexibility index (Phi) is 9.06. The first-order valence-corrected chi connectivity index (χ1v) is 24.2. The van der Waals surface area contributed by atoms with Gasteiger partial charge in [-0.05, 0) is 132 Å². The number of benzene rings is 11. The highest BCUT2D eigenvalue weighted by Crippen LogP contribution is 2.58. The van der Waals surface area contributed by atoms with E-state index in [0.717, 1.165) is 50.1 Å². The third-order valence-corrected chi connectivity index (χ3v) is 15.2. The molecule has 2 aliphatic rings. The van der Waals surface area contributed by atoms with Crippen molar-refractivity contribution in [3.8, 4) is 33.4 Å². The first-order chi connectivity index (χ1) is 34.7. The Labute approximate surface area is 408 Å². The Hall–Kier alpha value is -8.98. The van der Waals surface area contributed by atoms with Crippen molar-refractivity contribution in [2.24, 2.45) is 0 Å². The fraction of sp³-hybridized carbons (Fsp3) is 0.0294. The summed E-state index contributed by atoms with van der Waals surface area (Å²) in [5.74, 6) is 0. The lowest BCUT2D eigenvalue weighted by molar-refractivity contribution is 0.669. The van der Waals surface area contributed by atoms with Crippen molar-refractivity contribution in [3.05, 3.63) is 317 Å². The molecule has 0 saturated heterocycles. The second-order valence-electron chi connectivity index (χ2n) is 18.7. The molecule has 0 radical (unpaired) electrons. The van der Waals surface area contributed by atoms with Crippen LogP contribution in [0.25, 0.3) is 55.3 Å². The molecule has 1 aromatic heterocycles. The van der Waals surface area contributed by atoms with Gasteiger partial charge in [-0.2, -0.15) is 0 Å². The molecule has 1 heterocycles. The largest absolute Gasteiger partial charge is 0.456 e. The monoisotopic (exact) mass is 891 g/mol. The molecular formula is C68H45NO. The van der Waals surface area contributed by atoms with Crippen LogP contribution >= 0.6 is 0 Å². The van der Waals surface area contributed by atoms with Crippen LogP contribution in [0.2, 0.25) is 0 Å². The maximum Gasteiger partial charge on any atom is 0.135 e. The van der Waals surface area contributed by atoms with Crippen LogP contribution in [0, 0.1) is 0 Å². The zero-order valence-corrected chi connectivity index (χ0v) is 38.3. The molecule has 2 nitrogen and oxygen atoms in total. The maximum atomic E-state index is 6.25. The predicted octanol–water partition coefficient (Wildman–Crippen LogP) is 17.4. The van der Waals surface area contributed by atoms with Gasteiger partial charge in [-0.15, -0.1) is 0 Å². The minimum atomic E-state index is -0.491. The lowest BCUT2D eigenvalue weighted by Crippen LogP contribution is -2.28. The summed E-state index contributed by atoms with van der Waals surface area (Å²) >= 11 is 0. The average molecular weight is 892 g/mol. The normalized spacial score (nSPS) is 13.7. The van der Waals surface area contributed by atoms with Crippen molar-refractivity contribution in [3.63, 3.8) is 0 Å². The van der Waals surface area contributed by atoms with Crippen LogP contribution in [0.5, 0.6) is 0 Å². The van der Waals surface area contributed by atoms with Gasteiger partial charge in [-0.3, -0.25) is 0 Å². The predicted molar refractivity (Wildman–Crippen MR) is 288 cm³/mol. The van der Waals surface area contributed by atoms with E-state index in [-0.39, 0.29) is 0 Å². The summed E-state index contributed by atoms with van der Waals surface area (Å²) in [6.45, 7) is 0. The Morgan fingerprint density at radius 1 is 0.257 bits per heavy atom. The van der Waals surface area contributed by atoms with E-state index in [0.29, 0.717) is 0 Å². The van der Waals surface area contributed by atoms with Crippen LogP contribution < -0.4 is 4.90 Å². The number of para-hydroxylation sites is 1. The van der Waals surface area contributed by atoms with Crippen molar-refractivity contribution >= 4 is 39.0 Å². The number of hydrogen-bond donors (Lipinski definition) is 0. The van der Waals surface area contributed by atoms with Crippen molar-refractivity contribution in [1.29, 1.82) is 0 Å². The summed E-state index contributed by atoms with van der Waals surface area (Å²) in [6.07, 6.45) is 0. The standard InChI is InChI=1S/C68H45NO/c1-3-19-48(20-4-1)67(61-29-12-7-24-55(61)56-25-8-13-30-62(56)67)50-35-39-52(40-36-50)69(54-23-17-18-46(44-54)47-34-43-66-60(45-47)59-28-11-16-33-65(59)70-66)53-41-37-51(38-42-53)68(49-21-5-2-6-22-49)63-31-14-9-26-57(63)58-27-10-15-32-64(58)68/h1-45H. The minimum Gasteiger partial charge on any atom is -0.456 e. The van der Waals surface area contributed by atoms with Gasteiger partial charge < -0.3 is 9.32 Å². The van der Waals surface area contributed by atoms with E-state index in [4.69, 9.17) is 4.42 Å². The number of hydrogen-bond acceptors (Lipinski definition) is 2. The van der Waals surface area contributed by atoms with E-state index in [1.54, 1.807) is 0 Å². The van der Waals surface area contributed by atoms with E-state index >= 15 is 0 Å². The Balaban J connectivity index is 0.950. The fourth-order valence-electron chi connectivity index (χ4n) is 12.3. The van der Waals surface area contributed by atoms with E-state index < -0.39 is 10.8 Å². The summed E-state index contributed by atoms with van der Waals surface area (Å²) in [6, 6.07) is 100. The van der Waals surface area contributed by atoms with E-state index in [1.807, 2.05) is 12.1 Å². The molecule has 12 aromatic rings. The molecule has 2 aliphatic carbocycles. The third-order valence-electron chi connectivity index (χ3n) is 15.2. The smallest absolute Gasteiger partial charge is 0.135 e. The molecule has 0 saturated carbocycles. The SMILES string of the molecule is c1ccc(C2(c3ccc(N(c4ccc(C5(c6ccccc6)c6ccccc6-c6ccccc65)cc4)c4cccc(-c5ccc6oc7ccccc7c6c5)c4)cc3)c3ccccc3-c3ccccc32)cc1. The van der Waals surface area contributed by atoms with Crippen LogP contribution in [-0.4, -0.2) is 0 Å². The molecule has 0 N–H and O–H groups in total. The molecule has 0 amide bonds. The summed E-state index contributed by atoms with van der Waals surface area (Å²) in [7, 11) is 0. The molecule has 2 heteroatoms. The van der Waals surface area contributed by atoms with Gasteiger partial charge in [0.15, 0.2) is 0 Å². The molecule has 14 rings (SSSR count). The van der Waals surface area contributed by atoms with Crippen molar-refractivity contribution in [1.82, 2.24) is 0 Å². The van der Waals surface area contributed by atoms with Crippen molar-refractivity contribution in [2.45, 2.75) is 10.8 Å². The second kappa shape index (κ2) is 15.8. The highest BCUT2D eigenvalue weighted by molar-refractivity contribution is 6.06. The summed E-state index contributed by atoms with van der Waals surface area (Å²) < 4.78 is 6.25. The average Bonchev–Trinajstić information content (AvgIpc) is 4.07. The topological polar surface area (TPSA) is 16.4 Å². The number of fused-ring (bicyclic) bond motifs is 9. The van der Waals surface area contributed by atoms with Crippen LogP contribution in [-0.2, 0) is 10.8 Å². The van der Waals surface area contributed by atoms with Crippen LogP contribution in [0.4, 0.5) is 17.1 Å². The fourth-order valence-corrected chi connectivity index (χ4v) is 12.3.